The second-order valence-corrected chi connectivity index (χ2v) is 8.76. The third-order valence-corrected chi connectivity index (χ3v) is 6.53. The lowest BCUT2D eigenvalue weighted by molar-refractivity contribution is -0.135. The quantitative estimate of drug-likeness (QED) is 0.689. The van der Waals surface area contributed by atoms with Crippen LogP contribution in [-0.4, -0.2) is 73.1 Å². The molecule has 0 aliphatic carbocycles. The zero-order valence-electron chi connectivity index (χ0n) is 20.0. The van der Waals surface area contributed by atoms with Crippen molar-refractivity contribution in [3.05, 3.63) is 47.5 Å². The minimum Gasteiger partial charge on any atom is -0.494 e. The molecule has 1 atom stereocenters. The largest absolute Gasteiger partial charge is 0.494 e. The van der Waals surface area contributed by atoms with E-state index in [1.807, 2.05) is 17.0 Å². The van der Waals surface area contributed by atoms with Crippen molar-refractivity contribution in [3.63, 3.8) is 0 Å². The Labute approximate surface area is 200 Å². The Bertz CT molecular complexity index is 1010. The van der Waals surface area contributed by atoms with Gasteiger partial charge in [-0.15, -0.1) is 0 Å². The molecule has 34 heavy (non-hydrogen) atoms. The first-order chi connectivity index (χ1) is 16.6. The summed E-state index contributed by atoms with van der Waals surface area (Å²) in [6.07, 6.45) is 5.50. The normalized spacial score (nSPS) is 19.5. The van der Waals surface area contributed by atoms with Gasteiger partial charge >= 0.3 is 0 Å². The molecular weight excluding hydrogens is 434 g/mol. The third-order valence-electron chi connectivity index (χ3n) is 6.53. The smallest absolute Gasteiger partial charge is 0.259 e. The van der Waals surface area contributed by atoms with E-state index in [9.17, 15) is 9.59 Å². The third kappa shape index (κ3) is 5.61. The highest BCUT2D eigenvalue weighted by Crippen LogP contribution is 2.25. The van der Waals surface area contributed by atoms with Gasteiger partial charge in [0.25, 0.3) is 5.91 Å². The monoisotopic (exact) mass is 467 g/mol. The van der Waals surface area contributed by atoms with E-state index in [1.165, 1.54) is 19.8 Å². The van der Waals surface area contributed by atoms with E-state index in [2.05, 4.69) is 17.1 Å². The van der Waals surface area contributed by atoms with Crippen LogP contribution in [0.1, 0.15) is 48.0 Å². The van der Waals surface area contributed by atoms with Gasteiger partial charge in [0, 0.05) is 25.2 Å². The maximum absolute atomic E-state index is 13.5. The number of pyridine rings is 1. The lowest BCUT2D eigenvalue weighted by Gasteiger charge is -2.37. The molecule has 1 saturated heterocycles. The van der Waals surface area contributed by atoms with Gasteiger partial charge < -0.3 is 24.0 Å². The van der Waals surface area contributed by atoms with Crippen molar-refractivity contribution in [3.8, 4) is 17.5 Å². The molecule has 182 valence electrons. The zero-order valence-corrected chi connectivity index (χ0v) is 20.0. The molecule has 2 aliphatic heterocycles. The summed E-state index contributed by atoms with van der Waals surface area (Å²) in [7, 11) is 2.97. The zero-order chi connectivity index (χ0) is 23.9. The summed E-state index contributed by atoms with van der Waals surface area (Å²) >= 11 is 0. The van der Waals surface area contributed by atoms with Gasteiger partial charge in [0.05, 0.1) is 20.8 Å². The summed E-state index contributed by atoms with van der Waals surface area (Å²) in [5.74, 6) is 1.08. The Hall–Kier alpha value is -3.29. The molecule has 1 fully saturated rings. The van der Waals surface area contributed by atoms with Crippen LogP contribution in [0.25, 0.3) is 0 Å². The summed E-state index contributed by atoms with van der Waals surface area (Å²) < 4.78 is 16.4. The fourth-order valence-electron chi connectivity index (χ4n) is 4.73. The van der Waals surface area contributed by atoms with E-state index < -0.39 is 0 Å². The van der Waals surface area contributed by atoms with E-state index in [0.717, 1.165) is 44.4 Å². The van der Waals surface area contributed by atoms with Crippen molar-refractivity contribution < 1.29 is 23.8 Å². The van der Waals surface area contributed by atoms with Crippen molar-refractivity contribution in [2.45, 2.75) is 44.6 Å². The molecule has 1 aromatic carbocycles. The highest BCUT2D eigenvalue weighted by Gasteiger charge is 2.30. The Morgan fingerprint density at radius 1 is 1.06 bits per heavy atom. The average molecular weight is 468 g/mol. The summed E-state index contributed by atoms with van der Waals surface area (Å²) in [5.41, 5.74) is 1.53. The number of nitrogens with zero attached hydrogens (tertiary/aromatic N) is 3. The number of ether oxygens (including phenoxy) is 3. The van der Waals surface area contributed by atoms with Crippen LogP contribution in [0.5, 0.6) is 17.5 Å². The molecule has 4 rings (SSSR count). The number of piperidine rings is 1. The number of aromatic nitrogens is 1. The maximum atomic E-state index is 13.5. The number of benzene rings is 1. The minimum atomic E-state index is -0.289. The molecule has 2 aromatic rings. The van der Waals surface area contributed by atoms with E-state index in [1.54, 1.807) is 17.0 Å². The fourth-order valence-corrected chi connectivity index (χ4v) is 4.73. The van der Waals surface area contributed by atoms with Gasteiger partial charge in [-0.25, -0.2) is 0 Å². The van der Waals surface area contributed by atoms with Gasteiger partial charge in [-0.2, -0.15) is 4.98 Å². The molecule has 3 heterocycles. The number of methoxy groups -OCH3 is 2. The molecule has 0 radical (unpaired) electrons. The Morgan fingerprint density at radius 3 is 2.76 bits per heavy atom. The van der Waals surface area contributed by atoms with Crippen LogP contribution in [0.4, 0.5) is 0 Å². The molecule has 0 spiro atoms. The Morgan fingerprint density at radius 2 is 1.94 bits per heavy atom. The van der Waals surface area contributed by atoms with Gasteiger partial charge in [0.1, 0.15) is 17.9 Å². The number of fused-ring (bicyclic) bond motifs is 3. The number of rotatable bonds is 3. The van der Waals surface area contributed by atoms with Gasteiger partial charge in [0.15, 0.2) is 0 Å². The van der Waals surface area contributed by atoms with Crippen molar-refractivity contribution in [2.75, 3.05) is 40.5 Å². The Balaban J connectivity index is 1.60. The maximum Gasteiger partial charge on any atom is 0.259 e. The van der Waals surface area contributed by atoms with Crippen LogP contribution >= 0.6 is 0 Å². The summed E-state index contributed by atoms with van der Waals surface area (Å²) in [4.78, 5) is 34.8. The standard InChI is InChI=1S/C26H33N3O5/c1-32-23-13-12-22(25(27-23)33-2)26(31)28-14-6-16-34-21-9-5-7-19(17-21)10-11-20-8-3-4-15-29(20)24(30)18-28/h5,7,9,12-13,17,20H,3-4,6,8,10-11,14-16,18H2,1-2H3. The molecule has 2 amide bonds. The lowest BCUT2D eigenvalue weighted by atomic mass is 9.95. The summed E-state index contributed by atoms with van der Waals surface area (Å²) in [6, 6.07) is 11.6. The van der Waals surface area contributed by atoms with Crippen LogP contribution in [-0.2, 0) is 11.2 Å². The first-order valence-corrected chi connectivity index (χ1v) is 12.0. The molecular formula is C26H33N3O5. The van der Waals surface area contributed by atoms with Crippen molar-refractivity contribution in [2.24, 2.45) is 0 Å². The van der Waals surface area contributed by atoms with Crippen molar-refractivity contribution in [1.29, 1.82) is 0 Å². The number of amides is 2. The van der Waals surface area contributed by atoms with Gasteiger partial charge in [-0.1, -0.05) is 12.1 Å². The fraction of sp³-hybridized carbons (Fsp3) is 0.500. The number of hydrogen-bond acceptors (Lipinski definition) is 6. The lowest BCUT2D eigenvalue weighted by Crippen LogP contribution is -2.49. The number of carbonyl (C=O) groups excluding carboxylic acids is 2. The van der Waals surface area contributed by atoms with E-state index in [4.69, 9.17) is 14.2 Å². The van der Waals surface area contributed by atoms with Crippen LogP contribution in [0.3, 0.4) is 0 Å². The summed E-state index contributed by atoms with van der Waals surface area (Å²) in [5, 5.41) is 0. The number of hydrogen-bond donors (Lipinski definition) is 0. The highest BCUT2D eigenvalue weighted by atomic mass is 16.5. The van der Waals surface area contributed by atoms with E-state index >= 15 is 0 Å². The SMILES string of the molecule is COc1ccc(C(=O)N2CCCOc3cccc(c3)CCC3CCCCN3C(=O)C2)c(OC)n1. The molecule has 1 unspecified atom stereocenters. The van der Waals surface area contributed by atoms with Gasteiger partial charge in [-0.3, -0.25) is 9.59 Å². The molecule has 2 aliphatic rings. The molecule has 0 N–H and O–H groups in total. The van der Waals surface area contributed by atoms with Crippen LogP contribution < -0.4 is 14.2 Å². The summed E-state index contributed by atoms with van der Waals surface area (Å²) in [6.45, 7) is 1.60. The molecule has 1 aromatic heterocycles. The predicted octanol–water partition coefficient (Wildman–Crippen LogP) is 3.34. The Kier molecular flexibility index (Phi) is 7.87. The van der Waals surface area contributed by atoms with Gasteiger partial charge in [-0.05, 0) is 62.3 Å². The number of carbonyl (C=O) groups is 2. The predicted molar refractivity (Wildman–Crippen MR) is 127 cm³/mol. The number of aryl methyl sites for hydroxylation is 1. The van der Waals surface area contributed by atoms with Crippen molar-refractivity contribution >= 4 is 11.8 Å². The van der Waals surface area contributed by atoms with Gasteiger partial charge in [0.2, 0.25) is 17.7 Å². The van der Waals surface area contributed by atoms with Crippen molar-refractivity contribution in [1.82, 2.24) is 14.8 Å². The van der Waals surface area contributed by atoms with Crippen LogP contribution in [0.2, 0.25) is 0 Å². The van der Waals surface area contributed by atoms with E-state index in [0.29, 0.717) is 31.0 Å². The molecule has 2 bridgehead atoms. The second kappa shape index (κ2) is 11.2. The molecule has 0 saturated carbocycles. The topological polar surface area (TPSA) is 81.2 Å². The van der Waals surface area contributed by atoms with Crippen LogP contribution in [0, 0.1) is 0 Å². The first kappa shape index (κ1) is 23.9. The van der Waals surface area contributed by atoms with E-state index in [-0.39, 0.29) is 30.3 Å². The second-order valence-electron chi connectivity index (χ2n) is 8.76. The average Bonchev–Trinajstić information content (AvgIpc) is 2.88. The minimum absolute atomic E-state index is 0.00906. The highest BCUT2D eigenvalue weighted by molar-refractivity contribution is 5.98. The van der Waals surface area contributed by atoms with Crippen LogP contribution in [0.15, 0.2) is 36.4 Å². The molecule has 8 heteroatoms. The molecule has 8 nitrogen and oxygen atoms in total. The first-order valence-electron chi connectivity index (χ1n) is 12.0.